The van der Waals surface area contributed by atoms with E-state index in [1.54, 1.807) is 24.3 Å². The van der Waals surface area contributed by atoms with Crippen LogP contribution in [0.15, 0.2) is 36.1 Å². The third-order valence-electron chi connectivity index (χ3n) is 5.37. The van der Waals surface area contributed by atoms with Crippen LogP contribution in [0.5, 0.6) is 5.75 Å². The van der Waals surface area contributed by atoms with Gasteiger partial charge in [0.2, 0.25) is 0 Å². The molecule has 0 fully saturated rings. The molecule has 0 atom stereocenters. The zero-order valence-corrected chi connectivity index (χ0v) is 18.6. The fraction of sp³-hybridized carbons (Fsp3) is 0.520. The van der Waals surface area contributed by atoms with E-state index in [0.717, 1.165) is 51.4 Å². The molecule has 0 radical (unpaired) electrons. The molecule has 1 aliphatic heterocycles. The maximum absolute atomic E-state index is 12.4. The zero-order chi connectivity index (χ0) is 22.6. The van der Waals surface area contributed by atoms with Gasteiger partial charge in [0.1, 0.15) is 11.5 Å². The number of amides is 2. The topological polar surface area (TPSA) is 68.0 Å². The average molecular weight is 425 g/mol. The highest BCUT2D eigenvalue weighted by Crippen LogP contribution is 2.23. The molecule has 1 aromatic rings. The zero-order valence-electron chi connectivity index (χ0n) is 18.6. The molecule has 0 saturated carbocycles. The fourth-order valence-electron chi connectivity index (χ4n) is 3.40. The Labute approximate surface area is 185 Å². The maximum atomic E-state index is 12.4. The van der Waals surface area contributed by atoms with E-state index < -0.39 is 5.91 Å². The molecular weight excluding hydrogens is 392 g/mol. The van der Waals surface area contributed by atoms with Crippen molar-refractivity contribution >= 4 is 23.3 Å². The van der Waals surface area contributed by atoms with E-state index in [1.807, 2.05) is 13.8 Å². The predicted molar refractivity (Wildman–Crippen MR) is 120 cm³/mol. The summed E-state index contributed by atoms with van der Waals surface area (Å²) in [6.45, 7) is 11.2. The first-order valence-corrected chi connectivity index (χ1v) is 11.2. The van der Waals surface area contributed by atoms with Gasteiger partial charge in [0.05, 0.1) is 12.6 Å². The van der Waals surface area contributed by atoms with Gasteiger partial charge in [-0.2, -0.15) is 0 Å². The molecular formula is C25H32N2O4. The third kappa shape index (κ3) is 8.01. The number of hydrogen-bond donors (Lipinski definition) is 0. The second-order valence-electron chi connectivity index (χ2n) is 8.21. The summed E-state index contributed by atoms with van der Waals surface area (Å²) in [6, 6.07) is 6.42. The van der Waals surface area contributed by atoms with Gasteiger partial charge in [-0.3, -0.25) is 19.3 Å². The van der Waals surface area contributed by atoms with Crippen molar-refractivity contribution in [3.05, 3.63) is 47.5 Å². The van der Waals surface area contributed by atoms with Crippen LogP contribution in [-0.4, -0.2) is 29.0 Å². The van der Waals surface area contributed by atoms with Gasteiger partial charge in [-0.1, -0.05) is 64.5 Å². The smallest absolute Gasteiger partial charge is 0.296 e. The maximum Gasteiger partial charge on any atom is 0.296 e. The molecule has 1 aliphatic rings. The van der Waals surface area contributed by atoms with Gasteiger partial charge in [-0.25, -0.2) is 4.85 Å². The molecule has 0 aliphatic carbocycles. The summed E-state index contributed by atoms with van der Waals surface area (Å²) in [4.78, 5) is 40.7. The highest BCUT2D eigenvalue weighted by Gasteiger charge is 2.32. The Balaban J connectivity index is 1.57. The SMILES string of the molecule is [C-]#[N+]c1ccc(OC2=CC(=O)N(CCCCCCCCCCC(=O)C(C)C)C2=O)cc1. The molecule has 0 aromatic heterocycles. The molecule has 31 heavy (non-hydrogen) atoms. The Hall–Kier alpha value is -2.94. The first kappa shape index (κ1) is 24.3. The van der Waals surface area contributed by atoms with Crippen molar-refractivity contribution in [2.75, 3.05) is 6.54 Å². The summed E-state index contributed by atoms with van der Waals surface area (Å²) < 4.78 is 5.53. The first-order valence-electron chi connectivity index (χ1n) is 11.2. The van der Waals surface area contributed by atoms with Gasteiger partial charge in [-0.15, -0.1) is 0 Å². The molecule has 1 heterocycles. The Bertz CT molecular complexity index is 834. The van der Waals surface area contributed by atoms with E-state index in [9.17, 15) is 14.4 Å². The van der Waals surface area contributed by atoms with Crippen LogP contribution in [0.2, 0.25) is 0 Å². The van der Waals surface area contributed by atoms with E-state index in [4.69, 9.17) is 11.3 Å². The number of imide groups is 1. The lowest BCUT2D eigenvalue weighted by Crippen LogP contribution is -2.32. The van der Waals surface area contributed by atoms with Crippen LogP contribution in [0.3, 0.4) is 0 Å². The number of ether oxygens (including phenoxy) is 1. The fourth-order valence-corrected chi connectivity index (χ4v) is 3.40. The van der Waals surface area contributed by atoms with E-state index >= 15 is 0 Å². The van der Waals surface area contributed by atoms with Crippen molar-refractivity contribution in [2.45, 2.75) is 71.6 Å². The lowest BCUT2D eigenvalue weighted by Gasteiger charge is -2.14. The van der Waals surface area contributed by atoms with E-state index in [1.165, 1.54) is 11.0 Å². The number of rotatable bonds is 14. The molecule has 2 rings (SSSR count). The lowest BCUT2D eigenvalue weighted by atomic mass is 10.0. The second-order valence-corrected chi connectivity index (χ2v) is 8.21. The third-order valence-corrected chi connectivity index (χ3v) is 5.37. The van der Waals surface area contributed by atoms with Crippen LogP contribution in [-0.2, 0) is 14.4 Å². The molecule has 0 saturated heterocycles. The molecule has 2 amide bonds. The number of nitrogens with zero attached hydrogens (tertiary/aromatic N) is 2. The predicted octanol–water partition coefficient (Wildman–Crippen LogP) is 5.60. The second kappa shape index (κ2) is 12.7. The highest BCUT2D eigenvalue weighted by atomic mass is 16.5. The van der Waals surface area contributed by atoms with Crippen LogP contribution in [0.4, 0.5) is 5.69 Å². The molecule has 1 aromatic carbocycles. The monoisotopic (exact) mass is 424 g/mol. The summed E-state index contributed by atoms with van der Waals surface area (Å²) in [7, 11) is 0. The molecule has 6 heteroatoms. The summed E-state index contributed by atoms with van der Waals surface area (Å²) >= 11 is 0. The van der Waals surface area contributed by atoms with Crippen molar-refractivity contribution in [3.63, 3.8) is 0 Å². The van der Waals surface area contributed by atoms with Gasteiger partial charge in [0.25, 0.3) is 11.8 Å². The van der Waals surface area contributed by atoms with E-state index in [2.05, 4.69) is 4.85 Å². The minimum Gasteiger partial charge on any atom is -0.451 e. The van der Waals surface area contributed by atoms with Gasteiger partial charge in [0.15, 0.2) is 11.4 Å². The summed E-state index contributed by atoms with van der Waals surface area (Å²) in [5.41, 5.74) is 0.484. The van der Waals surface area contributed by atoms with Crippen LogP contribution in [0.25, 0.3) is 4.85 Å². The quantitative estimate of drug-likeness (QED) is 0.221. The Kier molecular flexibility index (Phi) is 9.96. The highest BCUT2D eigenvalue weighted by molar-refractivity contribution is 6.15. The molecule has 0 unspecified atom stereocenters. The number of unbranched alkanes of at least 4 members (excludes halogenated alkanes) is 7. The number of benzene rings is 1. The molecule has 166 valence electrons. The lowest BCUT2D eigenvalue weighted by molar-refractivity contribution is -0.138. The van der Waals surface area contributed by atoms with Crippen LogP contribution in [0.1, 0.15) is 71.6 Å². The van der Waals surface area contributed by atoms with Crippen LogP contribution < -0.4 is 4.74 Å². The van der Waals surface area contributed by atoms with Gasteiger partial charge >= 0.3 is 0 Å². The number of carbonyl (C=O) groups is 3. The number of ketones is 1. The van der Waals surface area contributed by atoms with Gasteiger partial charge < -0.3 is 4.74 Å². The largest absolute Gasteiger partial charge is 0.451 e. The minimum absolute atomic E-state index is 0.0245. The van der Waals surface area contributed by atoms with Crippen LogP contribution >= 0.6 is 0 Å². The Morgan fingerprint density at radius 1 is 0.968 bits per heavy atom. The summed E-state index contributed by atoms with van der Waals surface area (Å²) in [5.74, 6) is 0.201. The number of Topliss-reactive ketones (excluding diaryl/α,β-unsaturated/α-hetero) is 1. The standard InChI is InChI=1S/C25H32N2O4/c1-19(2)22(28)12-10-8-6-4-5-7-9-11-17-27-24(29)18-23(25(27)30)31-21-15-13-20(26-3)14-16-21/h13-16,18-19H,4-12,17H2,1-2H3. The first-order chi connectivity index (χ1) is 14.9. The average Bonchev–Trinajstić information content (AvgIpc) is 3.02. The van der Waals surface area contributed by atoms with Crippen LogP contribution in [0, 0.1) is 12.5 Å². The van der Waals surface area contributed by atoms with Crippen molar-refractivity contribution in [1.82, 2.24) is 4.90 Å². The molecule has 0 spiro atoms. The molecule has 0 N–H and O–H groups in total. The normalized spacial score (nSPS) is 13.5. The molecule has 0 bridgehead atoms. The number of carbonyl (C=O) groups excluding carboxylic acids is 3. The van der Waals surface area contributed by atoms with E-state index in [0.29, 0.717) is 30.2 Å². The Morgan fingerprint density at radius 3 is 2.13 bits per heavy atom. The van der Waals surface area contributed by atoms with Crippen molar-refractivity contribution in [1.29, 1.82) is 0 Å². The Morgan fingerprint density at radius 2 is 1.55 bits per heavy atom. The summed E-state index contributed by atoms with van der Waals surface area (Å²) in [5, 5.41) is 0. The number of hydrogen-bond acceptors (Lipinski definition) is 4. The van der Waals surface area contributed by atoms with Gasteiger partial charge in [0, 0.05) is 18.9 Å². The van der Waals surface area contributed by atoms with Crippen molar-refractivity contribution < 1.29 is 19.1 Å². The molecule has 6 nitrogen and oxygen atoms in total. The minimum atomic E-state index is -0.407. The van der Waals surface area contributed by atoms with Crippen molar-refractivity contribution in [3.8, 4) is 5.75 Å². The summed E-state index contributed by atoms with van der Waals surface area (Å²) in [6.07, 6.45) is 10.3. The van der Waals surface area contributed by atoms with E-state index in [-0.39, 0.29) is 17.6 Å². The van der Waals surface area contributed by atoms with Crippen molar-refractivity contribution in [2.24, 2.45) is 5.92 Å². The van der Waals surface area contributed by atoms with Gasteiger partial charge in [-0.05, 0) is 25.0 Å².